The van der Waals surface area contributed by atoms with Crippen molar-refractivity contribution in [3.8, 4) is 0 Å². The summed E-state index contributed by atoms with van der Waals surface area (Å²) in [5.74, 6) is 3.58. The van der Waals surface area contributed by atoms with Crippen molar-refractivity contribution in [2.75, 3.05) is 23.4 Å². The van der Waals surface area contributed by atoms with Crippen molar-refractivity contribution in [1.82, 2.24) is 9.78 Å². The molecule has 0 aromatic carbocycles. The van der Waals surface area contributed by atoms with Crippen molar-refractivity contribution in [3.63, 3.8) is 0 Å². The molecular weight excluding hydrogens is 206 g/mol. The Morgan fingerprint density at radius 2 is 2.27 bits per heavy atom. The number of rotatable bonds is 7. The maximum Gasteiger partial charge on any atom is 0.124 e. The first-order chi connectivity index (χ1) is 7.27. The minimum atomic E-state index is 1.00. The molecule has 0 radical (unpaired) electrons. The van der Waals surface area contributed by atoms with Crippen molar-refractivity contribution in [2.24, 2.45) is 7.05 Å². The van der Waals surface area contributed by atoms with E-state index in [1.165, 1.54) is 17.9 Å². The molecule has 0 fully saturated rings. The molecule has 86 valence electrons. The standard InChI is InChI=1S/C11H21N3S/c1-4-10-9-11(14(3)13-10)12-7-6-8-15-5-2/h9,12H,4-8H2,1-3H3. The van der Waals surface area contributed by atoms with Crippen LogP contribution < -0.4 is 5.32 Å². The molecule has 0 aliphatic carbocycles. The summed E-state index contributed by atoms with van der Waals surface area (Å²) in [5, 5.41) is 7.81. The molecule has 1 N–H and O–H groups in total. The summed E-state index contributed by atoms with van der Waals surface area (Å²) in [6.07, 6.45) is 2.21. The van der Waals surface area contributed by atoms with Crippen molar-refractivity contribution in [2.45, 2.75) is 26.7 Å². The molecule has 0 aliphatic heterocycles. The predicted molar refractivity (Wildman–Crippen MR) is 68.7 cm³/mol. The number of nitrogens with one attached hydrogen (secondary N) is 1. The third-order valence-electron chi connectivity index (χ3n) is 2.27. The fourth-order valence-electron chi connectivity index (χ4n) is 1.40. The fraction of sp³-hybridized carbons (Fsp3) is 0.727. The van der Waals surface area contributed by atoms with Gasteiger partial charge in [0.15, 0.2) is 0 Å². The van der Waals surface area contributed by atoms with Gasteiger partial charge in [-0.3, -0.25) is 4.68 Å². The Morgan fingerprint density at radius 1 is 1.47 bits per heavy atom. The van der Waals surface area contributed by atoms with Crippen molar-refractivity contribution in [1.29, 1.82) is 0 Å². The highest BCUT2D eigenvalue weighted by Crippen LogP contribution is 2.09. The summed E-state index contributed by atoms with van der Waals surface area (Å²) >= 11 is 1.99. The van der Waals surface area contributed by atoms with Crippen LogP contribution in [0.4, 0.5) is 5.82 Å². The summed E-state index contributed by atoms with van der Waals surface area (Å²) in [4.78, 5) is 0. The third-order valence-corrected chi connectivity index (χ3v) is 3.25. The molecule has 0 spiro atoms. The minimum absolute atomic E-state index is 1.00. The van der Waals surface area contributed by atoms with Gasteiger partial charge in [0.2, 0.25) is 0 Å². The third kappa shape index (κ3) is 4.16. The van der Waals surface area contributed by atoms with E-state index < -0.39 is 0 Å². The predicted octanol–water partition coefficient (Wildman–Crippen LogP) is 2.54. The average molecular weight is 227 g/mol. The van der Waals surface area contributed by atoms with Crippen LogP contribution in [0.25, 0.3) is 0 Å². The summed E-state index contributed by atoms with van der Waals surface area (Å²) in [5.41, 5.74) is 1.16. The first-order valence-corrected chi connectivity index (χ1v) is 6.78. The number of aryl methyl sites for hydroxylation is 2. The van der Waals surface area contributed by atoms with Gasteiger partial charge in [0.1, 0.15) is 5.82 Å². The Bertz CT molecular complexity index is 283. The van der Waals surface area contributed by atoms with Crippen LogP contribution in [0.2, 0.25) is 0 Å². The molecule has 1 aromatic rings. The van der Waals surface area contributed by atoms with Gasteiger partial charge in [0.25, 0.3) is 0 Å². The molecule has 0 bridgehead atoms. The fourth-order valence-corrected chi connectivity index (χ4v) is 2.04. The van der Waals surface area contributed by atoms with Crippen LogP contribution in [-0.4, -0.2) is 27.8 Å². The van der Waals surface area contributed by atoms with Gasteiger partial charge in [-0.05, 0) is 24.3 Å². The lowest BCUT2D eigenvalue weighted by Gasteiger charge is -2.05. The molecule has 0 aliphatic rings. The van der Waals surface area contributed by atoms with Gasteiger partial charge in [-0.1, -0.05) is 13.8 Å². The molecule has 0 saturated carbocycles. The van der Waals surface area contributed by atoms with E-state index in [1.807, 2.05) is 23.5 Å². The smallest absolute Gasteiger partial charge is 0.124 e. The van der Waals surface area contributed by atoms with Crippen LogP contribution in [0.5, 0.6) is 0 Å². The van der Waals surface area contributed by atoms with Crippen molar-refractivity contribution >= 4 is 17.6 Å². The molecule has 4 heteroatoms. The summed E-state index contributed by atoms with van der Waals surface area (Å²) < 4.78 is 1.92. The Hall–Kier alpha value is -0.640. The van der Waals surface area contributed by atoms with Crippen LogP contribution in [-0.2, 0) is 13.5 Å². The highest BCUT2D eigenvalue weighted by Gasteiger charge is 2.01. The maximum absolute atomic E-state index is 4.39. The second kappa shape index (κ2) is 6.77. The highest BCUT2D eigenvalue weighted by atomic mass is 32.2. The molecule has 0 atom stereocenters. The Labute approximate surface area is 96.6 Å². The van der Waals surface area contributed by atoms with E-state index in [0.717, 1.165) is 24.5 Å². The molecule has 0 saturated heterocycles. The molecular formula is C11H21N3S. The van der Waals surface area contributed by atoms with Gasteiger partial charge < -0.3 is 5.32 Å². The van der Waals surface area contributed by atoms with Crippen LogP contribution in [0.3, 0.4) is 0 Å². The van der Waals surface area contributed by atoms with E-state index in [0.29, 0.717) is 0 Å². The Kier molecular flexibility index (Phi) is 5.61. The van der Waals surface area contributed by atoms with E-state index in [9.17, 15) is 0 Å². The molecule has 1 rings (SSSR count). The summed E-state index contributed by atoms with van der Waals surface area (Å²) in [6, 6.07) is 2.13. The van der Waals surface area contributed by atoms with E-state index in [1.54, 1.807) is 0 Å². The van der Waals surface area contributed by atoms with Gasteiger partial charge >= 0.3 is 0 Å². The summed E-state index contributed by atoms with van der Waals surface area (Å²) in [6.45, 7) is 5.37. The second-order valence-electron chi connectivity index (χ2n) is 3.48. The number of anilines is 1. The first kappa shape index (κ1) is 12.4. The van der Waals surface area contributed by atoms with Crippen LogP contribution in [0.15, 0.2) is 6.07 Å². The van der Waals surface area contributed by atoms with Gasteiger partial charge in [0, 0.05) is 19.7 Å². The van der Waals surface area contributed by atoms with Crippen LogP contribution in [0.1, 0.15) is 26.0 Å². The van der Waals surface area contributed by atoms with Crippen LogP contribution >= 0.6 is 11.8 Å². The van der Waals surface area contributed by atoms with E-state index in [-0.39, 0.29) is 0 Å². The Morgan fingerprint density at radius 3 is 2.87 bits per heavy atom. The highest BCUT2D eigenvalue weighted by molar-refractivity contribution is 7.99. The zero-order valence-corrected chi connectivity index (χ0v) is 10.7. The number of aromatic nitrogens is 2. The first-order valence-electron chi connectivity index (χ1n) is 5.62. The average Bonchev–Trinajstić information content (AvgIpc) is 2.59. The molecule has 1 aromatic heterocycles. The minimum Gasteiger partial charge on any atom is -0.370 e. The van der Waals surface area contributed by atoms with E-state index >= 15 is 0 Å². The lowest BCUT2D eigenvalue weighted by Crippen LogP contribution is -2.06. The Balaban J connectivity index is 2.27. The van der Waals surface area contributed by atoms with Crippen LogP contribution in [0, 0.1) is 0 Å². The largest absolute Gasteiger partial charge is 0.370 e. The van der Waals surface area contributed by atoms with Crippen molar-refractivity contribution < 1.29 is 0 Å². The molecule has 0 unspecified atom stereocenters. The van der Waals surface area contributed by atoms with Gasteiger partial charge in [-0.25, -0.2) is 0 Å². The maximum atomic E-state index is 4.39. The van der Waals surface area contributed by atoms with Crippen molar-refractivity contribution in [3.05, 3.63) is 11.8 Å². The lowest BCUT2D eigenvalue weighted by atomic mass is 10.3. The zero-order chi connectivity index (χ0) is 11.1. The molecule has 15 heavy (non-hydrogen) atoms. The van der Waals surface area contributed by atoms with Gasteiger partial charge in [0.05, 0.1) is 5.69 Å². The number of thioether (sulfide) groups is 1. The lowest BCUT2D eigenvalue weighted by molar-refractivity contribution is 0.746. The van der Waals surface area contributed by atoms with Gasteiger partial charge in [-0.15, -0.1) is 0 Å². The SMILES string of the molecule is CCSCCCNc1cc(CC)nn1C. The topological polar surface area (TPSA) is 29.9 Å². The second-order valence-corrected chi connectivity index (χ2v) is 4.87. The molecule has 1 heterocycles. The monoisotopic (exact) mass is 227 g/mol. The van der Waals surface area contributed by atoms with E-state index in [2.05, 4.69) is 30.3 Å². The summed E-state index contributed by atoms with van der Waals surface area (Å²) in [7, 11) is 1.99. The number of nitrogens with zero attached hydrogens (tertiary/aromatic N) is 2. The van der Waals surface area contributed by atoms with E-state index in [4.69, 9.17) is 0 Å². The zero-order valence-electron chi connectivity index (χ0n) is 9.92. The number of hydrogen-bond donors (Lipinski definition) is 1. The van der Waals surface area contributed by atoms with Gasteiger partial charge in [-0.2, -0.15) is 16.9 Å². The normalized spacial score (nSPS) is 10.6. The number of hydrogen-bond acceptors (Lipinski definition) is 3. The molecule has 0 amide bonds. The molecule has 3 nitrogen and oxygen atoms in total. The quantitative estimate of drug-likeness (QED) is 0.726.